The topological polar surface area (TPSA) is 54.9 Å². The summed E-state index contributed by atoms with van der Waals surface area (Å²) in [5.74, 6) is 0.710. The molecule has 1 amide bonds. The molecule has 2 fully saturated rings. The van der Waals surface area contributed by atoms with E-state index in [0.717, 1.165) is 23.8 Å². The van der Waals surface area contributed by atoms with Crippen LogP contribution in [-0.2, 0) is 0 Å². The minimum Gasteiger partial charge on any atom is -0.349 e. The van der Waals surface area contributed by atoms with Crippen molar-refractivity contribution in [2.24, 2.45) is 11.3 Å². The van der Waals surface area contributed by atoms with Gasteiger partial charge in [0.05, 0.1) is 0 Å². The first-order chi connectivity index (χ1) is 7.70. The predicted octanol–water partition coefficient (Wildman–Crippen LogP) is 2.11. The first-order valence-electron chi connectivity index (χ1n) is 5.47. The summed E-state index contributed by atoms with van der Waals surface area (Å²) >= 11 is 6.75. The second-order valence-electron chi connectivity index (χ2n) is 4.68. The lowest BCUT2D eigenvalue weighted by atomic mass is 10.0. The van der Waals surface area contributed by atoms with Crippen molar-refractivity contribution < 1.29 is 4.79 Å². The molecule has 16 heavy (non-hydrogen) atoms. The monoisotopic (exact) mass is 257 g/mol. The third-order valence-corrected chi connectivity index (χ3v) is 4.55. The van der Waals surface area contributed by atoms with E-state index in [9.17, 15) is 4.79 Å². The molecule has 1 aromatic rings. The second-order valence-corrected chi connectivity index (χ2v) is 6.24. The molecule has 0 spiro atoms. The molecule has 86 valence electrons. The molecule has 1 aromatic heterocycles. The Kier molecular flexibility index (Phi) is 2.40. The number of carbonyl (C=O) groups excluding carboxylic acids is 1. The maximum Gasteiger partial charge on any atom is 0.282 e. The van der Waals surface area contributed by atoms with Crippen LogP contribution in [0.4, 0.5) is 0 Å². The van der Waals surface area contributed by atoms with Crippen LogP contribution in [0.5, 0.6) is 0 Å². The number of nitrogens with zero attached hydrogens (tertiary/aromatic N) is 2. The van der Waals surface area contributed by atoms with E-state index >= 15 is 0 Å². The molecule has 1 heterocycles. The van der Waals surface area contributed by atoms with Gasteiger partial charge in [-0.15, -0.1) is 10.2 Å². The predicted molar refractivity (Wildman–Crippen MR) is 61.6 cm³/mol. The molecule has 0 aromatic carbocycles. The summed E-state index contributed by atoms with van der Waals surface area (Å²) in [7, 11) is 0. The van der Waals surface area contributed by atoms with Gasteiger partial charge in [0.25, 0.3) is 5.91 Å². The van der Waals surface area contributed by atoms with Gasteiger partial charge < -0.3 is 5.32 Å². The average molecular weight is 258 g/mol. The van der Waals surface area contributed by atoms with Crippen molar-refractivity contribution >= 4 is 28.8 Å². The first-order valence-corrected chi connectivity index (χ1v) is 6.66. The molecule has 0 unspecified atom stereocenters. The number of rotatable bonds is 4. The lowest BCUT2D eigenvalue weighted by Crippen LogP contribution is -2.31. The van der Waals surface area contributed by atoms with Crippen molar-refractivity contribution in [2.45, 2.75) is 25.7 Å². The number of hydrogen-bond acceptors (Lipinski definition) is 4. The zero-order valence-electron chi connectivity index (χ0n) is 8.70. The molecule has 0 saturated heterocycles. The van der Waals surface area contributed by atoms with E-state index in [0.29, 0.717) is 14.9 Å². The van der Waals surface area contributed by atoms with Gasteiger partial charge in [-0.05, 0) is 48.6 Å². The highest BCUT2D eigenvalue weighted by atomic mass is 35.5. The highest BCUT2D eigenvalue weighted by Crippen LogP contribution is 2.60. The van der Waals surface area contributed by atoms with Crippen LogP contribution in [-0.4, -0.2) is 22.6 Å². The summed E-state index contributed by atoms with van der Waals surface area (Å²) in [4.78, 5) is 11.7. The Morgan fingerprint density at radius 2 is 2.25 bits per heavy atom. The second kappa shape index (κ2) is 3.67. The molecule has 0 aliphatic heterocycles. The molecule has 0 bridgehead atoms. The van der Waals surface area contributed by atoms with Crippen LogP contribution in [0.2, 0.25) is 4.47 Å². The van der Waals surface area contributed by atoms with Gasteiger partial charge in [-0.3, -0.25) is 4.79 Å². The third kappa shape index (κ3) is 1.94. The molecule has 3 rings (SSSR count). The van der Waals surface area contributed by atoms with Crippen LogP contribution >= 0.6 is 22.9 Å². The summed E-state index contributed by atoms with van der Waals surface area (Å²) in [5.41, 5.74) is 0.421. The fourth-order valence-electron chi connectivity index (χ4n) is 2.21. The standard InChI is InChI=1S/C10H12ClN3OS/c11-9-14-13-8(16-9)7(15)12-5-10(3-4-10)6-1-2-6/h6H,1-5H2,(H,12,15). The zero-order valence-corrected chi connectivity index (χ0v) is 10.3. The van der Waals surface area contributed by atoms with Gasteiger partial charge in [-0.2, -0.15) is 0 Å². The van der Waals surface area contributed by atoms with Crippen LogP contribution < -0.4 is 5.32 Å². The van der Waals surface area contributed by atoms with Crippen LogP contribution in [0.3, 0.4) is 0 Å². The maximum absolute atomic E-state index is 11.7. The van der Waals surface area contributed by atoms with Gasteiger partial charge >= 0.3 is 0 Å². The number of nitrogens with one attached hydrogen (secondary N) is 1. The Labute approximate surface area is 102 Å². The van der Waals surface area contributed by atoms with E-state index in [1.807, 2.05) is 0 Å². The van der Waals surface area contributed by atoms with Crippen molar-refractivity contribution in [3.63, 3.8) is 0 Å². The lowest BCUT2D eigenvalue weighted by Gasteiger charge is -2.13. The Balaban J connectivity index is 1.57. The van der Waals surface area contributed by atoms with Crippen LogP contribution in [0.15, 0.2) is 0 Å². The van der Waals surface area contributed by atoms with E-state index in [1.54, 1.807) is 0 Å². The minimum atomic E-state index is -0.142. The van der Waals surface area contributed by atoms with Gasteiger partial charge in [-0.1, -0.05) is 11.3 Å². The third-order valence-electron chi connectivity index (χ3n) is 3.53. The molecule has 2 aliphatic carbocycles. The molecule has 2 saturated carbocycles. The quantitative estimate of drug-likeness (QED) is 0.899. The average Bonchev–Trinajstić information content (AvgIpc) is 3.14. The number of hydrogen-bond donors (Lipinski definition) is 1. The molecule has 4 nitrogen and oxygen atoms in total. The summed E-state index contributed by atoms with van der Waals surface area (Å²) in [6.45, 7) is 0.785. The summed E-state index contributed by atoms with van der Waals surface area (Å²) in [6, 6.07) is 0. The van der Waals surface area contributed by atoms with Crippen LogP contribution in [0.1, 0.15) is 35.5 Å². The Hall–Kier alpha value is -0.680. The lowest BCUT2D eigenvalue weighted by molar-refractivity contribution is 0.0941. The van der Waals surface area contributed by atoms with Gasteiger partial charge in [-0.25, -0.2) is 0 Å². The van der Waals surface area contributed by atoms with E-state index in [-0.39, 0.29) is 5.91 Å². The van der Waals surface area contributed by atoms with E-state index in [4.69, 9.17) is 11.6 Å². The van der Waals surface area contributed by atoms with Crippen LogP contribution in [0.25, 0.3) is 0 Å². The Morgan fingerprint density at radius 3 is 2.75 bits per heavy atom. The summed E-state index contributed by atoms with van der Waals surface area (Å²) in [5, 5.41) is 10.6. The minimum absolute atomic E-state index is 0.142. The normalized spacial score (nSPS) is 21.8. The highest BCUT2D eigenvalue weighted by Gasteiger charge is 2.53. The molecule has 1 N–H and O–H groups in total. The Morgan fingerprint density at radius 1 is 1.50 bits per heavy atom. The fraction of sp³-hybridized carbons (Fsp3) is 0.700. The molecular weight excluding hydrogens is 246 g/mol. The Bertz CT molecular complexity index is 425. The number of amides is 1. The number of halogens is 1. The van der Waals surface area contributed by atoms with Crippen LogP contribution in [0, 0.1) is 11.3 Å². The van der Waals surface area contributed by atoms with Gasteiger partial charge in [0.1, 0.15) is 0 Å². The molecule has 0 radical (unpaired) electrons. The highest BCUT2D eigenvalue weighted by molar-refractivity contribution is 7.17. The summed E-state index contributed by atoms with van der Waals surface area (Å²) < 4.78 is 0.313. The molecule has 6 heteroatoms. The smallest absolute Gasteiger partial charge is 0.282 e. The van der Waals surface area contributed by atoms with Crippen molar-refractivity contribution in [2.75, 3.05) is 6.54 Å². The van der Waals surface area contributed by atoms with Gasteiger partial charge in [0.15, 0.2) is 0 Å². The molecule has 0 atom stereocenters. The first kappa shape index (κ1) is 10.5. The van der Waals surface area contributed by atoms with Crippen molar-refractivity contribution in [3.05, 3.63) is 9.47 Å². The van der Waals surface area contributed by atoms with Crippen molar-refractivity contribution in [3.8, 4) is 0 Å². The van der Waals surface area contributed by atoms with E-state index < -0.39 is 0 Å². The van der Waals surface area contributed by atoms with Gasteiger partial charge in [0.2, 0.25) is 9.47 Å². The largest absolute Gasteiger partial charge is 0.349 e. The molecular formula is C10H12ClN3OS. The SMILES string of the molecule is O=C(NCC1(C2CC2)CC1)c1nnc(Cl)s1. The number of aromatic nitrogens is 2. The van der Waals surface area contributed by atoms with E-state index in [1.165, 1.54) is 25.7 Å². The zero-order chi connectivity index (χ0) is 11.2. The number of carbonyl (C=O) groups is 1. The van der Waals surface area contributed by atoms with Gasteiger partial charge in [0, 0.05) is 6.54 Å². The van der Waals surface area contributed by atoms with E-state index in [2.05, 4.69) is 15.5 Å². The van der Waals surface area contributed by atoms with Crippen molar-refractivity contribution in [1.29, 1.82) is 0 Å². The maximum atomic E-state index is 11.7. The molecule has 2 aliphatic rings. The summed E-state index contributed by atoms with van der Waals surface area (Å²) in [6.07, 6.45) is 5.19. The van der Waals surface area contributed by atoms with Crippen molar-refractivity contribution in [1.82, 2.24) is 15.5 Å². The fourth-order valence-corrected chi connectivity index (χ4v) is 2.96.